The number of imidazole rings is 2. The zero-order valence-electron chi connectivity index (χ0n) is 14.5. The number of aromatic amines is 1. The molecule has 132 valence electrons. The largest absolute Gasteiger partial charge is 0.346 e. The number of carbonyl (C=O) groups is 1. The van der Waals surface area contributed by atoms with E-state index in [2.05, 4.69) is 42.0 Å². The molecule has 2 aromatic heterocycles. The lowest BCUT2D eigenvalue weighted by molar-refractivity contribution is 0.0931. The van der Waals surface area contributed by atoms with E-state index in [9.17, 15) is 4.79 Å². The summed E-state index contributed by atoms with van der Waals surface area (Å²) < 4.78 is 2.14. The molecule has 1 atom stereocenters. The zero-order chi connectivity index (χ0) is 17.9. The predicted molar refractivity (Wildman–Crippen MR) is 98.5 cm³/mol. The molecular weight excluding hydrogens is 328 g/mol. The number of benzene rings is 1. The van der Waals surface area contributed by atoms with Crippen molar-refractivity contribution in [3.63, 3.8) is 0 Å². The SMILES string of the molecule is C[C@@H](CC#Cc1cnc2n1CCNC2)NC(=O)c1nc2ccccc2[nH]1. The number of hydrogen-bond donors (Lipinski definition) is 3. The summed E-state index contributed by atoms with van der Waals surface area (Å²) in [5.41, 5.74) is 2.56. The van der Waals surface area contributed by atoms with Crippen LogP contribution in [0, 0.1) is 11.8 Å². The molecular formula is C19H20N6O. The van der Waals surface area contributed by atoms with Crippen LogP contribution >= 0.6 is 0 Å². The monoisotopic (exact) mass is 348 g/mol. The van der Waals surface area contributed by atoms with Gasteiger partial charge in [0.1, 0.15) is 11.5 Å². The van der Waals surface area contributed by atoms with Gasteiger partial charge in [0.25, 0.3) is 5.91 Å². The summed E-state index contributed by atoms with van der Waals surface area (Å²) in [6.07, 6.45) is 2.37. The molecule has 0 fully saturated rings. The lowest BCUT2D eigenvalue weighted by Crippen LogP contribution is -2.32. The van der Waals surface area contributed by atoms with Gasteiger partial charge >= 0.3 is 0 Å². The summed E-state index contributed by atoms with van der Waals surface area (Å²) in [6, 6.07) is 7.50. The number of nitrogens with zero attached hydrogens (tertiary/aromatic N) is 3. The Morgan fingerprint density at radius 2 is 2.31 bits per heavy atom. The molecule has 0 saturated carbocycles. The fraction of sp³-hybridized carbons (Fsp3) is 0.316. The molecule has 1 aliphatic heterocycles. The van der Waals surface area contributed by atoms with Crippen LogP contribution in [0.25, 0.3) is 11.0 Å². The van der Waals surface area contributed by atoms with Crippen LogP contribution in [0.1, 0.15) is 35.5 Å². The molecule has 7 heteroatoms. The zero-order valence-corrected chi connectivity index (χ0v) is 14.5. The van der Waals surface area contributed by atoms with E-state index in [1.54, 1.807) is 0 Å². The van der Waals surface area contributed by atoms with Crippen molar-refractivity contribution in [3.8, 4) is 11.8 Å². The predicted octanol–water partition coefficient (Wildman–Crippen LogP) is 1.42. The van der Waals surface area contributed by atoms with Crippen molar-refractivity contribution in [1.82, 2.24) is 30.2 Å². The first-order valence-electron chi connectivity index (χ1n) is 8.70. The maximum atomic E-state index is 12.3. The Morgan fingerprint density at radius 1 is 1.42 bits per heavy atom. The van der Waals surface area contributed by atoms with Crippen LogP contribution in [-0.4, -0.2) is 38.0 Å². The van der Waals surface area contributed by atoms with Crippen molar-refractivity contribution < 1.29 is 4.79 Å². The Morgan fingerprint density at radius 3 is 3.19 bits per heavy atom. The van der Waals surface area contributed by atoms with Crippen LogP contribution in [0.5, 0.6) is 0 Å². The van der Waals surface area contributed by atoms with Crippen molar-refractivity contribution in [2.75, 3.05) is 6.54 Å². The number of carbonyl (C=O) groups excluding carboxylic acids is 1. The second kappa shape index (κ2) is 7.02. The van der Waals surface area contributed by atoms with Gasteiger partial charge in [-0.3, -0.25) is 4.79 Å². The van der Waals surface area contributed by atoms with Crippen LogP contribution in [0.3, 0.4) is 0 Å². The molecule has 0 spiro atoms. The van der Waals surface area contributed by atoms with E-state index < -0.39 is 0 Å². The van der Waals surface area contributed by atoms with E-state index in [-0.39, 0.29) is 11.9 Å². The molecule has 7 nitrogen and oxygen atoms in total. The van der Waals surface area contributed by atoms with Gasteiger partial charge in [-0.25, -0.2) is 9.97 Å². The number of amides is 1. The van der Waals surface area contributed by atoms with Gasteiger partial charge < -0.3 is 20.2 Å². The van der Waals surface area contributed by atoms with Gasteiger partial charge in [-0.1, -0.05) is 18.1 Å². The van der Waals surface area contributed by atoms with Crippen LogP contribution < -0.4 is 10.6 Å². The minimum absolute atomic E-state index is 0.0753. The van der Waals surface area contributed by atoms with Gasteiger partial charge in [-0.15, -0.1) is 0 Å². The average Bonchev–Trinajstić information content (AvgIpc) is 3.26. The van der Waals surface area contributed by atoms with E-state index in [1.165, 1.54) is 0 Å². The molecule has 0 radical (unpaired) electrons. The summed E-state index contributed by atoms with van der Waals surface area (Å²) in [7, 11) is 0. The fourth-order valence-electron chi connectivity index (χ4n) is 2.99. The van der Waals surface area contributed by atoms with Crippen LogP contribution in [0.4, 0.5) is 0 Å². The van der Waals surface area contributed by atoms with E-state index >= 15 is 0 Å². The molecule has 3 N–H and O–H groups in total. The molecule has 3 heterocycles. The number of hydrogen-bond acceptors (Lipinski definition) is 4. The van der Waals surface area contributed by atoms with Crippen LogP contribution in [0.15, 0.2) is 30.5 Å². The van der Waals surface area contributed by atoms with Crippen molar-refractivity contribution in [1.29, 1.82) is 0 Å². The van der Waals surface area contributed by atoms with Gasteiger partial charge in [0, 0.05) is 25.6 Å². The Kier molecular flexibility index (Phi) is 4.42. The highest BCUT2D eigenvalue weighted by Crippen LogP contribution is 2.10. The molecule has 1 aliphatic rings. The summed E-state index contributed by atoms with van der Waals surface area (Å²) >= 11 is 0. The van der Waals surface area contributed by atoms with Crippen molar-refractivity contribution in [2.24, 2.45) is 0 Å². The molecule has 4 rings (SSSR count). The van der Waals surface area contributed by atoms with Crippen LogP contribution in [0.2, 0.25) is 0 Å². The van der Waals surface area contributed by atoms with Gasteiger partial charge in [0.2, 0.25) is 0 Å². The Labute approximate surface area is 151 Å². The van der Waals surface area contributed by atoms with E-state index in [0.717, 1.165) is 42.2 Å². The normalized spacial score (nSPS) is 14.3. The fourth-order valence-corrected chi connectivity index (χ4v) is 2.99. The highest BCUT2D eigenvalue weighted by Gasteiger charge is 2.14. The molecule has 3 aromatic rings. The molecule has 0 saturated heterocycles. The maximum Gasteiger partial charge on any atom is 0.287 e. The molecule has 0 bridgehead atoms. The maximum absolute atomic E-state index is 12.3. The quantitative estimate of drug-likeness (QED) is 0.625. The van der Waals surface area contributed by atoms with Gasteiger partial charge in [-0.05, 0) is 25.0 Å². The number of nitrogens with one attached hydrogen (secondary N) is 3. The standard InChI is InChI=1S/C19H20N6O/c1-13(5-4-6-14-11-21-17-12-20-9-10-25(14)17)22-19(26)18-23-15-7-2-3-8-16(15)24-18/h2-3,7-8,11,13,20H,5,9-10,12H2,1H3,(H,22,26)(H,23,24)/t13-/m0/s1. The second-order valence-electron chi connectivity index (χ2n) is 6.37. The number of H-pyrrole nitrogens is 1. The lowest BCUT2D eigenvalue weighted by Gasteiger charge is -2.15. The van der Waals surface area contributed by atoms with Gasteiger partial charge in [0.15, 0.2) is 5.82 Å². The first-order chi connectivity index (χ1) is 12.7. The van der Waals surface area contributed by atoms with Crippen molar-refractivity contribution in [3.05, 3.63) is 47.8 Å². The lowest BCUT2D eigenvalue weighted by atomic mass is 10.2. The number of para-hydroxylation sites is 2. The minimum Gasteiger partial charge on any atom is -0.346 e. The molecule has 0 unspecified atom stereocenters. The van der Waals surface area contributed by atoms with E-state index in [0.29, 0.717) is 12.2 Å². The average molecular weight is 348 g/mol. The first-order valence-corrected chi connectivity index (χ1v) is 8.70. The number of rotatable bonds is 3. The summed E-state index contributed by atoms with van der Waals surface area (Å²) in [4.78, 5) is 24.1. The van der Waals surface area contributed by atoms with Crippen LogP contribution in [-0.2, 0) is 13.1 Å². The minimum atomic E-state index is -0.219. The van der Waals surface area contributed by atoms with E-state index in [4.69, 9.17) is 0 Å². The van der Waals surface area contributed by atoms with Crippen molar-refractivity contribution >= 4 is 16.9 Å². The second-order valence-corrected chi connectivity index (χ2v) is 6.37. The molecule has 26 heavy (non-hydrogen) atoms. The number of fused-ring (bicyclic) bond motifs is 2. The third kappa shape index (κ3) is 3.32. The third-order valence-electron chi connectivity index (χ3n) is 4.34. The molecule has 0 aliphatic carbocycles. The number of aromatic nitrogens is 4. The highest BCUT2D eigenvalue weighted by molar-refractivity contribution is 5.94. The third-order valence-corrected chi connectivity index (χ3v) is 4.34. The van der Waals surface area contributed by atoms with Gasteiger partial charge in [-0.2, -0.15) is 0 Å². The summed E-state index contributed by atoms with van der Waals surface area (Å²) in [6.45, 7) is 4.54. The Hall–Kier alpha value is -3.11. The highest BCUT2D eigenvalue weighted by atomic mass is 16.2. The van der Waals surface area contributed by atoms with Crippen molar-refractivity contribution in [2.45, 2.75) is 32.5 Å². The topological polar surface area (TPSA) is 87.6 Å². The van der Waals surface area contributed by atoms with E-state index in [1.807, 2.05) is 37.4 Å². The smallest absolute Gasteiger partial charge is 0.287 e. The molecule has 1 aromatic carbocycles. The summed E-state index contributed by atoms with van der Waals surface area (Å²) in [5.74, 6) is 7.43. The van der Waals surface area contributed by atoms with Gasteiger partial charge in [0.05, 0.1) is 23.8 Å². The molecule has 1 amide bonds. The first kappa shape index (κ1) is 16.4. The Balaban J connectivity index is 1.37. The summed E-state index contributed by atoms with van der Waals surface area (Å²) in [5, 5.41) is 6.22. The Bertz CT molecular complexity index is 973.